The second-order valence-electron chi connectivity index (χ2n) is 7.55. The van der Waals surface area contributed by atoms with E-state index < -0.39 is 0 Å². The first-order chi connectivity index (χ1) is 15.0. The molecular formula is C23H22ClN3O2S2. The van der Waals surface area contributed by atoms with Crippen molar-refractivity contribution in [2.75, 3.05) is 10.6 Å². The van der Waals surface area contributed by atoms with Crippen LogP contribution in [0.5, 0.6) is 0 Å². The predicted molar refractivity (Wildman–Crippen MR) is 132 cm³/mol. The van der Waals surface area contributed by atoms with Crippen LogP contribution in [0.3, 0.4) is 0 Å². The Morgan fingerprint density at radius 2 is 1.68 bits per heavy atom. The number of halogens is 1. The summed E-state index contributed by atoms with van der Waals surface area (Å²) in [6.07, 6.45) is 5.31. The summed E-state index contributed by atoms with van der Waals surface area (Å²) in [5.74, 6) is -0.214. The topological polar surface area (TPSA) is 70.2 Å². The van der Waals surface area contributed by atoms with Crippen LogP contribution in [0.1, 0.15) is 41.8 Å². The molecule has 8 heteroatoms. The van der Waals surface area contributed by atoms with E-state index in [2.05, 4.69) is 16.0 Å². The van der Waals surface area contributed by atoms with Gasteiger partial charge in [0.1, 0.15) is 4.88 Å². The van der Waals surface area contributed by atoms with Crippen LogP contribution in [0.2, 0.25) is 5.02 Å². The van der Waals surface area contributed by atoms with Gasteiger partial charge in [-0.15, -0.1) is 11.3 Å². The second-order valence-corrected chi connectivity index (χ2v) is 9.39. The van der Waals surface area contributed by atoms with Crippen molar-refractivity contribution in [3.63, 3.8) is 0 Å². The SMILES string of the molecule is O=C(NC(=S)Nc1cccc(NC(=O)C2CCCCC2)c1)c1sc2ccccc2c1Cl. The molecule has 0 unspecified atom stereocenters. The Hall–Kier alpha value is -2.48. The Morgan fingerprint density at radius 1 is 0.968 bits per heavy atom. The highest BCUT2D eigenvalue weighted by Crippen LogP contribution is 2.35. The monoisotopic (exact) mass is 471 g/mol. The van der Waals surface area contributed by atoms with Gasteiger partial charge in [-0.25, -0.2) is 0 Å². The highest BCUT2D eigenvalue weighted by molar-refractivity contribution is 7.80. The van der Waals surface area contributed by atoms with Gasteiger partial charge < -0.3 is 10.6 Å². The van der Waals surface area contributed by atoms with Gasteiger partial charge in [-0.3, -0.25) is 14.9 Å². The molecular weight excluding hydrogens is 450 g/mol. The average molecular weight is 472 g/mol. The highest BCUT2D eigenvalue weighted by atomic mass is 35.5. The van der Waals surface area contributed by atoms with Crippen molar-refractivity contribution in [3.8, 4) is 0 Å². The van der Waals surface area contributed by atoms with E-state index in [0.29, 0.717) is 21.3 Å². The lowest BCUT2D eigenvalue weighted by atomic mass is 9.88. The number of nitrogens with one attached hydrogen (secondary N) is 3. The maximum Gasteiger partial charge on any atom is 0.269 e. The minimum absolute atomic E-state index is 0.0622. The van der Waals surface area contributed by atoms with Crippen LogP contribution in [0.4, 0.5) is 11.4 Å². The number of anilines is 2. The summed E-state index contributed by atoms with van der Waals surface area (Å²) in [5, 5.41) is 10.1. The number of carbonyl (C=O) groups excluding carboxylic acids is 2. The van der Waals surface area contributed by atoms with Crippen LogP contribution in [0.25, 0.3) is 10.1 Å². The molecule has 1 aliphatic carbocycles. The minimum atomic E-state index is -0.356. The fourth-order valence-electron chi connectivity index (χ4n) is 3.77. The molecule has 5 nitrogen and oxygen atoms in total. The molecule has 0 saturated heterocycles. The summed E-state index contributed by atoms with van der Waals surface area (Å²) in [7, 11) is 0. The maximum atomic E-state index is 12.7. The smallest absolute Gasteiger partial charge is 0.269 e. The van der Waals surface area contributed by atoms with Gasteiger partial charge in [-0.2, -0.15) is 0 Å². The molecule has 1 saturated carbocycles. The van der Waals surface area contributed by atoms with E-state index in [1.165, 1.54) is 17.8 Å². The van der Waals surface area contributed by atoms with Crippen molar-refractivity contribution in [1.29, 1.82) is 0 Å². The second kappa shape index (κ2) is 9.77. The van der Waals surface area contributed by atoms with Gasteiger partial charge in [0.05, 0.1) is 5.02 Å². The van der Waals surface area contributed by atoms with Gasteiger partial charge in [0.2, 0.25) is 5.91 Å². The lowest BCUT2D eigenvalue weighted by molar-refractivity contribution is -0.120. The molecule has 0 spiro atoms. The van der Waals surface area contributed by atoms with E-state index in [1.807, 2.05) is 42.5 Å². The number of thiocarbonyl (C=S) groups is 1. The van der Waals surface area contributed by atoms with Gasteiger partial charge in [0.15, 0.2) is 5.11 Å². The Labute approximate surface area is 195 Å². The number of amides is 2. The van der Waals surface area contributed by atoms with E-state index in [-0.39, 0.29) is 22.8 Å². The fourth-order valence-corrected chi connectivity index (χ4v) is 5.39. The van der Waals surface area contributed by atoms with Crippen molar-refractivity contribution in [1.82, 2.24) is 5.32 Å². The van der Waals surface area contributed by atoms with Gasteiger partial charge in [0, 0.05) is 27.4 Å². The molecule has 31 heavy (non-hydrogen) atoms. The number of carbonyl (C=O) groups is 2. The number of thiophene rings is 1. The van der Waals surface area contributed by atoms with E-state index in [1.54, 1.807) is 6.07 Å². The molecule has 0 aliphatic heterocycles. The standard InChI is InChI=1S/C23H22ClN3O2S2/c24-19-17-11-4-5-12-18(17)31-20(19)22(29)27-23(30)26-16-10-6-9-15(13-16)25-21(28)14-7-2-1-3-8-14/h4-6,9-14H,1-3,7-8H2,(H,25,28)(H2,26,27,29,30). The normalized spacial score (nSPS) is 14.2. The fraction of sp³-hybridized carbons (Fsp3) is 0.261. The van der Waals surface area contributed by atoms with E-state index >= 15 is 0 Å². The highest BCUT2D eigenvalue weighted by Gasteiger charge is 2.21. The van der Waals surface area contributed by atoms with Crippen molar-refractivity contribution in [2.24, 2.45) is 5.92 Å². The third-order valence-corrected chi connectivity index (χ3v) is 7.21. The molecule has 1 fully saturated rings. The van der Waals surface area contributed by atoms with E-state index in [4.69, 9.17) is 23.8 Å². The summed E-state index contributed by atoms with van der Waals surface area (Å²) in [6, 6.07) is 14.9. The Kier molecular flexibility index (Phi) is 6.85. The first kappa shape index (κ1) is 21.7. The van der Waals surface area contributed by atoms with E-state index in [0.717, 1.165) is 35.8 Å². The van der Waals surface area contributed by atoms with Gasteiger partial charge in [0.25, 0.3) is 5.91 Å². The number of rotatable bonds is 4. The summed E-state index contributed by atoms with van der Waals surface area (Å²) in [6.45, 7) is 0. The molecule has 160 valence electrons. The molecule has 0 radical (unpaired) electrons. The van der Waals surface area contributed by atoms with Crippen LogP contribution in [-0.4, -0.2) is 16.9 Å². The largest absolute Gasteiger partial charge is 0.332 e. The Bertz CT molecular complexity index is 1140. The molecule has 2 aromatic carbocycles. The lowest BCUT2D eigenvalue weighted by Gasteiger charge is -2.21. The Morgan fingerprint density at radius 3 is 2.42 bits per heavy atom. The average Bonchev–Trinajstić information content (AvgIpc) is 3.11. The van der Waals surface area contributed by atoms with Crippen LogP contribution < -0.4 is 16.0 Å². The predicted octanol–water partition coefficient (Wildman–Crippen LogP) is 6.20. The van der Waals surface area contributed by atoms with Crippen molar-refractivity contribution in [3.05, 3.63) is 58.4 Å². The first-order valence-electron chi connectivity index (χ1n) is 10.2. The number of benzene rings is 2. The van der Waals surface area contributed by atoms with Crippen LogP contribution in [0, 0.1) is 5.92 Å². The molecule has 1 heterocycles. The quantitative estimate of drug-likeness (QED) is 0.396. The third kappa shape index (κ3) is 5.23. The zero-order valence-electron chi connectivity index (χ0n) is 16.7. The molecule has 2 amide bonds. The number of hydrogen-bond acceptors (Lipinski definition) is 4. The minimum Gasteiger partial charge on any atom is -0.332 e. The zero-order valence-corrected chi connectivity index (χ0v) is 19.1. The third-order valence-electron chi connectivity index (χ3n) is 5.33. The van der Waals surface area contributed by atoms with Crippen molar-refractivity contribution in [2.45, 2.75) is 32.1 Å². The van der Waals surface area contributed by atoms with Gasteiger partial charge in [-0.05, 0) is 49.3 Å². The van der Waals surface area contributed by atoms with Gasteiger partial charge in [-0.1, -0.05) is 55.1 Å². The summed E-state index contributed by atoms with van der Waals surface area (Å²) in [4.78, 5) is 25.6. The van der Waals surface area contributed by atoms with Crippen LogP contribution in [0.15, 0.2) is 48.5 Å². The number of fused-ring (bicyclic) bond motifs is 1. The van der Waals surface area contributed by atoms with Crippen molar-refractivity contribution >= 4 is 73.5 Å². The van der Waals surface area contributed by atoms with Gasteiger partial charge >= 0.3 is 0 Å². The summed E-state index contributed by atoms with van der Waals surface area (Å²) < 4.78 is 0.943. The molecule has 0 bridgehead atoms. The van der Waals surface area contributed by atoms with Crippen LogP contribution in [-0.2, 0) is 4.79 Å². The molecule has 3 N–H and O–H groups in total. The maximum absolute atomic E-state index is 12.7. The molecule has 1 aliphatic rings. The molecule has 0 atom stereocenters. The number of hydrogen-bond donors (Lipinski definition) is 3. The molecule has 3 aromatic rings. The molecule has 4 rings (SSSR count). The van der Waals surface area contributed by atoms with E-state index in [9.17, 15) is 9.59 Å². The van der Waals surface area contributed by atoms with Crippen molar-refractivity contribution < 1.29 is 9.59 Å². The summed E-state index contributed by atoms with van der Waals surface area (Å²) in [5.41, 5.74) is 1.37. The Balaban J connectivity index is 1.38. The van der Waals surface area contributed by atoms with Crippen LogP contribution >= 0.6 is 35.2 Å². The molecule has 1 aromatic heterocycles. The lowest BCUT2D eigenvalue weighted by Crippen LogP contribution is -2.33. The first-order valence-corrected chi connectivity index (χ1v) is 11.8. The zero-order chi connectivity index (χ0) is 21.8. The summed E-state index contributed by atoms with van der Waals surface area (Å²) >= 11 is 13.0.